The van der Waals surface area contributed by atoms with Gasteiger partial charge in [-0.1, -0.05) is 110 Å². The van der Waals surface area contributed by atoms with E-state index >= 15 is 0 Å². The van der Waals surface area contributed by atoms with Crippen molar-refractivity contribution in [2.75, 3.05) is 4.90 Å². The molecule has 0 spiro atoms. The van der Waals surface area contributed by atoms with Gasteiger partial charge in [0.1, 0.15) is 22.3 Å². The van der Waals surface area contributed by atoms with Crippen molar-refractivity contribution in [1.82, 2.24) is 0 Å². The lowest BCUT2D eigenvalue weighted by atomic mass is 9.79. The van der Waals surface area contributed by atoms with E-state index in [1.807, 2.05) is 12.1 Å². The second-order valence-corrected chi connectivity index (χ2v) is 16.7. The minimum absolute atomic E-state index is 0.00538. The summed E-state index contributed by atoms with van der Waals surface area (Å²) in [6, 6.07) is 42.0. The number of para-hydroxylation sites is 1. The molecular formula is C47H43NO2. The van der Waals surface area contributed by atoms with Gasteiger partial charge in [0.2, 0.25) is 0 Å². The van der Waals surface area contributed by atoms with Gasteiger partial charge in [0.05, 0.1) is 0 Å². The summed E-state index contributed by atoms with van der Waals surface area (Å²) in [4.78, 5) is 2.38. The second kappa shape index (κ2) is 10.4. The number of anilines is 3. The monoisotopic (exact) mass is 653 g/mol. The molecule has 0 atom stereocenters. The molecular weight excluding hydrogens is 611 g/mol. The van der Waals surface area contributed by atoms with Gasteiger partial charge in [0.25, 0.3) is 0 Å². The molecule has 1 aliphatic rings. The van der Waals surface area contributed by atoms with E-state index < -0.39 is 0 Å². The minimum atomic E-state index is -0.118. The zero-order valence-electron chi connectivity index (χ0n) is 30.2. The van der Waals surface area contributed by atoms with Crippen molar-refractivity contribution in [3.8, 4) is 11.1 Å². The quantitative estimate of drug-likeness (QED) is 0.190. The van der Waals surface area contributed by atoms with Crippen LogP contribution in [0.2, 0.25) is 0 Å². The normalized spacial score (nSPS) is 14.2. The van der Waals surface area contributed by atoms with Gasteiger partial charge in [-0.15, -0.1) is 0 Å². The third-order valence-electron chi connectivity index (χ3n) is 10.9. The fraction of sp³-hybridized carbons (Fsp3) is 0.234. The Bertz CT molecular complexity index is 2650. The second-order valence-electron chi connectivity index (χ2n) is 16.7. The van der Waals surface area contributed by atoms with Crippen LogP contribution in [0, 0.1) is 0 Å². The maximum atomic E-state index is 6.65. The standard InChI is InChI=1S/C47H43NO2/c1-45(2,3)28-23-39(46(4,5)6)44-36-25-29(19-22-41(36)50-43(44)24-28)48(31-18-21-35-34-14-10-12-16-40(34)49-42(35)27-31)30-17-20-33-32-13-9-11-15-37(32)47(7,8)38(33)26-30/h9-27H,1-8H3. The number of nitrogens with zero attached hydrogens (tertiary/aromatic N) is 1. The van der Waals surface area contributed by atoms with Crippen LogP contribution in [0.15, 0.2) is 124 Å². The van der Waals surface area contributed by atoms with Crippen LogP contribution in [0.25, 0.3) is 55.0 Å². The number of fused-ring (bicyclic) bond motifs is 9. The van der Waals surface area contributed by atoms with Crippen molar-refractivity contribution in [3.63, 3.8) is 0 Å². The molecule has 0 bridgehead atoms. The number of furan rings is 2. The Morgan fingerprint density at radius 2 is 1.10 bits per heavy atom. The topological polar surface area (TPSA) is 29.5 Å². The highest BCUT2D eigenvalue weighted by Crippen LogP contribution is 2.51. The molecule has 3 heteroatoms. The van der Waals surface area contributed by atoms with E-state index in [0.717, 1.165) is 55.6 Å². The van der Waals surface area contributed by atoms with Crippen LogP contribution in [0.4, 0.5) is 17.1 Å². The Morgan fingerprint density at radius 1 is 0.480 bits per heavy atom. The van der Waals surface area contributed by atoms with Crippen LogP contribution >= 0.6 is 0 Å². The fourth-order valence-corrected chi connectivity index (χ4v) is 8.19. The van der Waals surface area contributed by atoms with Gasteiger partial charge in [-0.25, -0.2) is 0 Å². The Kier molecular flexibility index (Phi) is 6.38. The van der Waals surface area contributed by atoms with Gasteiger partial charge in [0, 0.05) is 50.1 Å². The van der Waals surface area contributed by atoms with E-state index in [1.54, 1.807) is 0 Å². The number of rotatable bonds is 3. The number of benzene rings is 6. The molecule has 50 heavy (non-hydrogen) atoms. The third-order valence-corrected chi connectivity index (χ3v) is 10.9. The van der Waals surface area contributed by atoms with Gasteiger partial charge >= 0.3 is 0 Å². The molecule has 3 nitrogen and oxygen atoms in total. The van der Waals surface area contributed by atoms with Crippen molar-refractivity contribution in [2.45, 2.75) is 71.6 Å². The summed E-state index contributed by atoms with van der Waals surface area (Å²) in [5, 5.41) is 4.58. The van der Waals surface area contributed by atoms with Crippen LogP contribution in [0.5, 0.6) is 0 Å². The first-order valence-corrected chi connectivity index (χ1v) is 17.8. The highest BCUT2D eigenvalue weighted by atomic mass is 16.3. The lowest BCUT2D eigenvalue weighted by molar-refractivity contribution is 0.569. The van der Waals surface area contributed by atoms with E-state index in [2.05, 4.69) is 163 Å². The molecule has 6 aromatic carbocycles. The first-order chi connectivity index (χ1) is 23.8. The van der Waals surface area contributed by atoms with Crippen LogP contribution in [0.3, 0.4) is 0 Å². The third kappa shape index (κ3) is 4.56. The highest BCUT2D eigenvalue weighted by molar-refractivity contribution is 6.10. The Labute approximate surface area is 294 Å². The summed E-state index contributed by atoms with van der Waals surface area (Å²) in [6.07, 6.45) is 0. The first kappa shape index (κ1) is 30.8. The molecule has 248 valence electrons. The van der Waals surface area contributed by atoms with Crippen LogP contribution in [-0.4, -0.2) is 0 Å². The first-order valence-electron chi connectivity index (χ1n) is 17.8. The average molecular weight is 654 g/mol. The summed E-state index contributed by atoms with van der Waals surface area (Å²) in [5.74, 6) is 0. The van der Waals surface area contributed by atoms with Gasteiger partial charge in [-0.05, 0) is 98.8 Å². The maximum absolute atomic E-state index is 6.65. The molecule has 8 aromatic rings. The summed E-state index contributed by atoms with van der Waals surface area (Å²) < 4.78 is 13.1. The summed E-state index contributed by atoms with van der Waals surface area (Å²) >= 11 is 0. The lowest BCUT2D eigenvalue weighted by Gasteiger charge is -2.28. The molecule has 0 radical (unpaired) electrons. The fourth-order valence-electron chi connectivity index (χ4n) is 8.19. The Balaban J connectivity index is 1.29. The number of hydrogen-bond donors (Lipinski definition) is 0. The highest BCUT2D eigenvalue weighted by Gasteiger charge is 2.36. The Hall–Kier alpha value is -5.28. The zero-order chi connectivity index (χ0) is 34.7. The molecule has 0 fully saturated rings. The molecule has 0 amide bonds. The van der Waals surface area contributed by atoms with Crippen molar-refractivity contribution in [3.05, 3.63) is 138 Å². The van der Waals surface area contributed by atoms with Gasteiger partial charge in [0.15, 0.2) is 0 Å². The van der Waals surface area contributed by atoms with E-state index in [0.29, 0.717) is 0 Å². The van der Waals surface area contributed by atoms with E-state index in [1.165, 1.54) is 38.8 Å². The smallest absolute Gasteiger partial charge is 0.137 e. The molecule has 2 aromatic heterocycles. The van der Waals surface area contributed by atoms with Crippen LogP contribution in [0.1, 0.15) is 77.6 Å². The zero-order valence-corrected chi connectivity index (χ0v) is 30.2. The van der Waals surface area contributed by atoms with Gasteiger partial charge in [-0.3, -0.25) is 0 Å². The van der Waals surface area contributed by atoms with Crippen LogP contribution < -0.4 is 4.90 Å². The predicted molar refractivity (Wildman–Crippen MR) is 211 cm³/mol. The molecule has 0 unspecified atom stereocenters. The van der Waals surface area contributed by atoms with Crippen molar-refractivity contribution in [1.29, 1.82) is 0 Å². The van der Waals surface area contributed by atoms with E-state index in [9.17, 15) is 0 Å². The average Bonchev–Trinajstić information content (AvgIpc) is 3.71. The van der Waals surface area contributed by atoms with Crippen LogP contribution in [-0.2, 0) is 16.2 Å². The number of hydrogen-bond acceptors (Lipinski definition) is 3. The maximum Gasteiger partial charge on any atom is 0.137 e. The summed E-state index contributed by atoms with van der Waals surface area (Å²) in [7, 11) is 0. The van der Waals surface area contributed by atoms with E-state index in [-0.39, 0.29) is 16.2 Å². The van der Waals surface area contributed by atoms with Crippen molar-refractivity contribution < 1.29 is 8.83 Å². The van der Waals surface area contributed by atoms with Crippen molar-refractivity contribution >= 4 is 60.9 Å². The van der Waals surface area contributed by atoms with E-state index in [4.69, 9.17) is 8.83 Å². The minimum Gasteiger partial charge on any atom is -0.456 e. The van der Waals surface area contributed by atoms with Crippen molar-refractivity contribution in [2.24, 2.45) is 0 Å². The Morgan fingerprint density at radius 3 is 1.90 bits per heavy atom. The molecule has 0 saturated heterocycles. The predicted octanol–water partition coefficient (Wildman–Crippen LogP) is 13.9. The molecule has 1 aliphatic carbocycles. The lowest BCUT2D eigenvalue weighted by Crippen LogP contribution is -2.16. The SMILES string of the molecule is CC(C)(C)c1cc(C(C)(C)C)c2c(c1)oc1ccc(N(c3ccc4c(c3)C(C)(C)c3ccccc3-4)c3ccc4c(c3)oc3ccccc34)cc12. The molecule has 0 aliphatic heterocycles. The summed E-state index contributed by atoms with van der Waals surface area (Å²) in [5.41, 5.74) is 14.6. The van der Waals surface area contributed by atoms with Gasteiger partial charge in [-0.2, -0.15) is 0 Å². The summed E-state index contributed by atoms with van der Waals surface area (Å²) in [6.45, 7) is 18.4. The molecule has 2 heterocycles. The molecule has 9 rings (SSSR count). The largest absolute Gasteiger partial charge is 0.456 e. The molecule has 0 N–H and O–H groups in total. The van der Waals surface area contributed by atoms with Gasteiger partial charge < -0.3 is 13.7 Å². The molecule has 0 saturated carbocycles.